The van der Waals surface area contributed by atoms with Crippen molar-refractivity contribution in [3.05, 3.63) is 29.8 Å². The van der Waals surface area contributed by atoms with E-state index in [0.717, 1.165) is 12.8 Å². The van der Waals surface area contributed by atoms with Crippen LogP contribution in [0.2, 0.25) is 0 Å². The maximum atomic E-state index is 13.5. The lowest BCUT2D eigenvalue weighted by molar-refractivity contribution is -0.177. The molecular weight excluding hydrogens is 525 g/mol. The monoisotopic (exact) mass is 565 g/mol. The smallest absolute Gasteiger partial charge is 0.469 e. The van der Waals surface area contributed by atoms with Crippen molar-refractivity contribution >= 4 is 25.6 Å². The third kappa shape index (κ3) is 5.53. The first-order valence-electron chi connectivity index (χ1n) is 13.6. The predicted octanol–water partition coefficient (Wildman–Crippen LogP) is 5.02. The second kappa shape index (κ2) is 10.6. The van der Waals surface area contributed by atoms with Gasteiger partial charge in [-0.2, -0.15) is 0 Å². The Labute approximate surface area is 229 Å². The largest absolute Gasteiger partial charge is 0.497 e. The Morgan fingerprint density at radius 1 is 1.10 bits per heavy atom. The number of ether oxygens (including phenoxy) is 2. The van der Waals surface area contributed by atoms with E-state index in [9.17, 15) is 28.7 Å². The Morgan fingerprint density at radius 2 is 1.77 bits per heavy atom. The number of alkyl carbamates (subject to hydrolysis) is 1. The number of benzene rings is 1. The number of Topliss-reactive ketones (excluding diaryl/α,β-unsaturated/α-hetero) is 1. The third-order valence-corrected chi connectivity index (χ3v) is 10.7. The minimum Gasteiger partial charge on any atom is -0.497 e. The first kappa shape index (κ1) is 29.7. The number of hydrogen-bond acceptors (Lipinski definition) is 7. The highest BCUT2D eigenvalue weighted by Crippen LogP contribution is 2.67. The van der Waals surface area contributed by atoms with E-state index in [0.29, 0.717) is 31.4 Å². The minimum atomic E-state index is -4.84. The quantitative estimate of drug-likeness (QED) is 0.404. The van der Waals surface area contributed by atoms with Crippen LogP contribution < -0.4 is 10.1 Å². The molecule has 3 aliphatic rings. The molecule has 216 valence electrons. The number of ketones is 1. The molecule has 3 fully saturated rings. The van der Waals surface area contributed by atoms with Crippen LogP contribution in [-0.4, -0.2) is 46.9 Å². The number of carbonyl (C=O) groups excluding carboxylic acids is 3. The van der Waals surface area contributed by atoms with Crippen LogP contribution in [0, 0.1) is 28.1 Å². The number of amides is 2. The molecule has 3 N–H and O–H groups in total. The van der Waals surface area contributed by atoms with Crippen molar-refractivity contribution in [1.29, 1.82) is 0 Å². The lowest BCUT2D eigenvalue weighted by Gasteiger charge is -2.60. The number of imide groups is 1. The fourth-order valence-corrected chi connectivity index (χ4v) is 8.19. The molecule has 0 aromatic heterocycles. The summed E-state index contributed by atoms with van der Waals surface area (Å²) in [7, 11) is -3.33. The Hall–Kier alpha value is -2.26. The zero-order valence-electron chi connectivity index (χ0n) is 23.3. The molecule has 3 saturated carbocycles. The van der Waals surface area contributed by atoms with Crippen molar-refractivity contribution in [3.8, 4) is 5.75 Å². The number of hydrogen-bond donors (Lipinski definition) is 3. The Bertz CT molecular complexity index is 1170. The van der Waals surface area contributed by atoms with Crippen LogP contribution >= 0.6 is 7.82 Å². The van der Waals surface area contributed by atoms with Crippen LogP contribution in [0.5, 0.6) is 5.75 Å². The number of carbonyl (C=O) groups is 3. The average molecular weight is 566 g/mol. The molecule has 39 heavy (non-hydrogen) atoms. The summed E-state index contributed by atoms with van der Waals surface area (Å²) in [5, 5.41) is 2.31. The molecule has 2 amide bonds. The van der Waals surface area contributed by atoms with Gasteiger partial charge in [-0.15, -0.1) is 0 Å². The van der Waals surface area contributed by atoms with E-state index in [1.165, 1.54) is 19.2 Å². The second-order valence-corrected chi connectivity index (χ2v) is 13.3. The van der Waals surface area contributed by atoms with E-state index in [1.54, 1.807) is 12.1 Å². The molecule has 4 rings (SSSR count). The van der Waals surface area contributed by atoms with Gasteiger partial charge in [0.2, 0.25) is 0 Å². The van der Waals surface area contributed by atoms with Crippen LogP contribution in [-0.2, 0) is 18.6 Å². The molecule has 0 saturated heterocycles. The summed E-state index contributed by atoms with van der Waals surface area (Å²) < 4.78 is 28.7. The zero-order valence-corrected chi connectivity index (χ0v) is 24.2. The maximum Gasteiger partial charge on any atom is 0.469 e. The average Bonchev–Trinajstić information content (AvgIpc) is 3.21. The lowest BCUT2D eigenvalue weighted by Crippen LogP contribution is -2.61. The molecule has 1 aromatic rings. The molecule has 0 spiro atoms. The van der Waals surface area contributed by atoms with Crippen LogP contribution in [0.15, 0.2) is 24.3 Å². The molecular formula is C28H40NO9P. The molecule has 0 radical (unpaired) electrons. The van der Waals surface area contributed by atoms with Gasteiger partial charge in [-0.3, -0.25) is 19.4 Å². The van der Waals surface area contributed by atoms with Crippen molar-refractivity contribution < 1.29 is 42.7 Å². The van der Waals surface area contributed by atoms with Crippen molar-refractivity contribution in [3.63, 3.8) is 0 Å². The first-order valence-corrected chi connectivity index (χ1v) is 15.1. The number of methoxy groups -OCH3 is 1. The van der Waals surface area contributed by atoms with Crippen molar-refractivity contribution in [2.75, 3.05) is 7.11 Å². The Balaban J connectivity index is 1.70. The van der Waals surface area contributed by atoms with Crippen LogP contribution in [0.1, 0.15) is 83.0 Å². The minimum absolute atomic E-state index is 0.0353. The summed E-state index contributed by atoms with van der Waals surface area (Å²) >= 11 is 0. The van der Waals surface area contributed by atoms with Crippen LogP contribution in [0.4, 0.5) is 4.79 Å². The highest BCUT2D eigenvalue weighted by Gasteiger charge is 2.66. The maximum absolute atomic E-state index is 13.5. The molecule has 0 heterocycles. The number of phosphoric acid groups is 1. The third-order valence-electron chi connectivity index (χ3n) is 10.2. The molecule has 11 heteroatoms. The van der Waals surface area contributed by atoms with Gasteiger partial charge in [0.15, 0.2) is 0 Å². The highest BCUT2D eigenvalue weighted by molar-refractivity contribution is 7.46. The van der Waals surface area contributed by atoms with Crippen LogP contribution in [0.3, 0.4) is 0 Å². The highest BCUT2D eigenvalue weighted by atomic mass is 31.2. The predicted molar refractivity (Wildman–Crippen MR) is 142 cm³/mol. The first-order chi connectivity index (χ1) is 18.2. The van der Waals surface area contributed by atoms with Gasteiger partial charge >= 0.3 is 13.9 Å². The van der Waals surface area contributed by atoms with Crippen molar-refractivity contribution in [1.82, 2.24) is 5.32 Å². The molecule has 7 atom stereocenters. The molecule has 1 aromatic carbocycles. The molecule has 3 aliphatic carbocycles. The van der Waals surface area contributed by atoms with Crippen molar-refractivity contribution in [2.45, 2.75) is 84.8 Å². The second-order valence-electron chi connectivity index (χ2n) is 12.1. The van der Waals surface area contributed by atoms with Gasteiger partial charge in [0.25, 0.3) is 5.91 Å². The Morgan fingerprint density at radius 3 is 2.36 bits per heavy atom. The van der Waals surface area contributed by atoms with Gasteiger partial charge in [-0.25, -0.2) is 9.36 Å². The van der Waals surface area contributed by atoms with Gasteiger partial charge in [-0.1, -0.05) is 27.7 Å². The standard InChI is InChI=1S/C28H40NO9P/c1-6-26(3)15-22(37-25(32)29-24(31)18-7-9-19(36-5)10-8-18)27(4)17(2)11-13-28(14-12-20(30)23(27)28)16-21(26)38-39(33,34)35/h7-10,17,21-23H,6,11-16H2,1-5H3,(H,29,31,32)(H2,33,34,35)/t17-,21+,22-,23+,26-,27+,28?/m1/s1. The number of nitrogens with one attached hydrogen (secondary N) is 1. The van der Waals surface area contributed by atoms with Gasteiger partial charge in [0.1, 0.15) is 17.6 Å². The van der Waals surface area contributed by atoms with E-state index in [4.69, 9.17) is 14.0 Å². The Kier molecular flexibility index (Phi) is 8.09. The SMILES string of the molecule is CC[C@]1(C)C[C@@H](OC(=O)NC(=O)c2ccc(OC)cc2)[C@]2(C)[C@H](C)CCC3(CCC(=O)[C@H]32)C[C@@H]1OP(=O)(O)O. The van der Waals surface area contributed by atoms with E-state index in [2.05, 4.69) is 12.2 Å². The van der Waals surface area contributed by atoms with Crippen LogP contribution in [0.25, 0.3) is 0 Å². The van der Waals surface area contributed by atoms with E-state index >= 15 is 0 Å². The van der Waals surface area contributed by atoms with Gasteiger partial charge < -0.3 is 19.3 Å². The fourth-order valence-electron chi connectivity index (χ4n) is 7.53. The summed E-state index contributed by atoms with van der Waals surface area (Å²) in [6, 6.07) is 6.29. The topological polar surface area (TPSA) is 148 Å². The zero-order chi connectivity index (χ0) is 28.8. The lowest BCUT2D eigenvalue weighted by atomic mass is 9.46. The molecule has 1 unspecified atom stereocenters. The molecule has 0 aliphatic heterocycles. The van der Waals surface area contributed by atoms with Gasteiger partial charge in [0.05, 0.1) is 13.2 Å². The van der Waals surface area contributed by atoms with Gasteiger partial charge in [-0.05, 0) is 79.5 Å². The summed E-state index contributed by atoms with van der Waals surface area (Å²) in [5.74, 6) is -0.398. The van der Waals surface area contributed by atoms with Gasteiger partial charge in [0, 0.05) is 23.3 Å². The molecule has 10 nitrogen and oxygen atoms in total. The fraction of sp³-hybridized carbons (Fsp3) is 0.679. The summed E-state index contributed by atoms with van der Waals surface area (Å²) in [5.41, 5.74) is -1.75. The van der Waals surface area contributed by atoms with E-state index in [-0.39, 0.29) is 23.7 Å². The van der Waals surface area contributed by atoms with E-state index in [1.807, 2.05) is 20.8 Å². The summed E-state index contributed by atoms with van der Waals surface area (Å²) in [6.07, 6.45) is 0.997. The summed E-state index contributed by atoms with van der Waals surface area (Å²) in [6.45, 7) is 7.88. The molecule has 2 bridgehead atoms. The number of rotatable bonds is 6. The van der Waals surface area contributed by atoms with E-state index < -0.39 is 54.2 Å². The number of phosphoric ester groups is 1. The van der Waals surface area contributed by atoms with Crippen molar-refractivity contribution in [2.24, 2.45) is 28.1 Å². The summed E-state index contributed by atoms with van der Waals surface area (Å²) in [4.78, 5) is 59.1. The normalized spacial score (nSPS) is 36.3.